The van der Waals surface area contributed by atoms with Crippen LogP contribution in [-0.2, 0) is 19.1 Å². The largest absolute Gasteiger partial charge is 0.489 e. The highest BCUT2D eigenvalue weighted by Gasteiger charge is 2.30. The number of ether oxygens (including phenoxy) is 1. The quantitative estimate of drug-likeness (QED) is 0.504. The Morgan fingerprint density at radius 2 is 1.87 bits per heavy atom. The minimum Gasteiger partial charge on any atom is -0.489 e. The summed E-state index contributed by atoms with van der Waals surface area (Å²) in [5.41, 5.74) is -0.199. The third-order valence-electron chi connectivity index (χ3n) is 5.15. The Morgan fingerprint density at radius 1 is 1.10 bits per heavy atom. The highest BCUT2D eigenvalue weighted by molar-refractivity contribution is 6.32. The summed E-state index contributed by atoms with van der Waals surface area (Å²) in [4.78, 5) is 6.53. The number of para-hydroxylation sites is 1. The molecule has 0 unspecified atom stereocenters. The van der Waals surface area contributed by atoms with Crippen LogP contribution < -0.4 is 4.74 Å². The average Bonchev–Trinajstić information content (AvgIpc) is 3.17. The summed E-state index contributed by atoms with van der Waals surface area (Å²) in [6, 6.07) is 12.6. The number of alkyl halides is 3. The molecular formula is C22H21ClF3N3O2. The van der Waals surface area contributed by atoms with Gasteiger partial charge in [-0.25, -0.2) is 0 Å². The topological polar surface area (TPSA) is 51.4 Å². The number of hydrogen-bond acceptors (Lipinski definition) is 5. The SMILES string of the molecule is FC(F)(F)c1cccc(Cc2noc(CN3CCC(Oc4ccccc4Cl)CC3)n2)c1. The third-order valence-corrected chi connectivity index (χ3v) is 5.46. The molecule has 0 saturated carbocycles. The first kappa shape index (κ1) is 21.6. The molecule has 1 fully saturated rings. The van der Waals surface area contributed by atoms with Gasteiger partial charge in [-0.05, 0) is 36.6 Å². The molecule has 0 radical (unpaired) electrons. The lowest BCUT2D eigenvalue weighted by Gasteiger charge is -2.31. The fourth-order valence-electron chi connectivity index (χ4n) is 3.56. The zero-order chi connectivity index (χ0) is 21.8. The molecular weight excluding hydrogens is 431 g/mol. The van der Waals surface area contributed by atoms with E-state index in [9.17, 15) is 13.2 Å². The molecule has 0 spiro atoms. The van der Waals surface area contributed by atoms with Crippen molar-refractivity contribution in [2.45, 2.75) is 38.1 Å². The molecule has 1 aromatic heterocycles. The zero-order valence-corrected chi connectivity index (χ0v) is 17.4. The van der Waals surface area contributed by atoms with Crippen LogP contribution in [0.2, 0.25) is 5.02 Å². The van der Waals surface area contributed by atoms with Crippen LogP contribution in [0.4, 0.5) is 13.2 Å². The predicted molar refractivity (Wildman–Crippen MR) is 109 cm³/mol. The summed E-state index contributed by atoms with van der Waals surface area (Å²) in [5, 5.41) is 4.52. The molecule has 1 saturated heterocycles. The lowest BCUT2D eigenvalue weighted by atomic mass is 10.1. The van der Waals surface area contributed by atoms with Gasteiger partial charge in [0.15, 0.2) is 5.82 Å². The van der Waals surface area contributed by atoms with Gasteiger partial charge in [-0.2, -0.15) is 18.2 Å². The van der Waals surface area contributed by atoms with Crippen molar-refractivity contribution in [3.63, 3.8) is 0 Å². The Balaban J connectivity index is 1.29. The Kier molecular flexibility index (Phi) is 6.48. The van der Waals surface area contributed by atoms with Crippen LogP contribution >= 0.6 is 11.6 Å². The van der Waals surface area contributed by atoms with Gasteiger partial charge >= 0.3 is 6.18 Å². The van der Waals surface area contributed by atoms with Gasteiger partial charge in [0.25, 0.3) is 0 Å². The van der Waals surface area contributed by atoms with Gasteiger partial charge < -0.3 is 9.26 Å². The summed E-state index contributed by atoms with van der Waals surface area (Å²) in [6.07, 6.45) is -2.41. The molecule has 0 aliphatic carbocycles. The number of likely N-dealkylation sites (tertiary alicyclic amines) is 1. The maximum atomic E-state index is 12.9. The molecule has 164 valence electrons. The molecule has 4 rings (SSSR count). The van der Waals surface area contributed by atoms with Crippen molar-refractivity contribution in [3.8, 4) is 5.75 Å². The zero-order valence-electron chi connectivity index (χ0n) is 16.6. The van der Waals surface area contributed by atoms with E-state index in [1.807, 2.05) is 18.2 Å². The summed E-state index contributed by atoms with van der Waals surface area (Å²) >= 11 is 6.15. The maximum absolute atomic E-state index is 12.9. The van der Waals surface area contributed by atoms with Gasteiger partial charge in [-0.3, -0.25) is 4.90 Å². The monoisotopic (exact) mass is 451 g/mol. The molecule has 5 nitrogen and oxygen atoms in total. The van der Waals surface area contributed by atoms with E-state index in [-0.39, 0.29) is 12.5 Å². The first-order chi connectivity index (χ1) is 14.9. The summed E-state index contributed by atoms with van der Waals surface area (Å²) in [5.74, 6) is 1.51. The third kappa shape index (κ3) is 5.77. The van der Waals surface area contributed by atoms with Gasteiger partial charge in [0, 0.05) is 19.5 Å². The number of aromatic nitrogens is 2. The summed E-state index contributed by atoms with van der Waals surface area (Å²) in [6.45, 7) is 2.11. The molecule has 1 aliphatic rings. The van der Waals surface area contributed by atoms with Crippen molar-refractivity contribution in [2.24, 2.45) is 0 Å². The number of benzene rings is 2. The van der Waals surface area contributed by atoms with Crippen molar-refractivity contribution in [1.29, 1.82) is 0 Å². The van der Waals surface area contributed by atoms with E-state index in [0.29, 0.717) is 34.6 Å². The number of halogens is 4. The lowest BCUT2D eigenvalue weighted by Crippen LogP contribution is -2.37. The molecule has 31 heavy (non-hydrogen) atoms. The van der Waals surface area contributed by atoms with Crippen LogP contribution in [0.5, 0.6) is 5.75 Å². The summed E-state index contributed by atoms with van der Waals surface area (Å²) in [7, 11) is 0. The fourth-order valence-corrected chi connectivity index (χ4v) is 3.74. The van der Waals surface area contributed by atoms with Crippen molar-refractivity contribution < 1.29 is 22.4 Å². The molecule has 0 N–H and O–H groups in total. The number of piperidine rings is 1. The first-order valence-corrected chi connectivity index (χ1v) is 10.4. The van der Waals surface area contributed by atoms with E-state index in [2.05, 4.69) is 15.0 Å². The van der Waals surface area contributed by atoms with Crippen LogP contribution in [0.3, 0.4) is 0 Å². The van der Waals surface area contributed by atoms with E-state index >= 15 is 0 Å². The van der Waals surface area contributed by atoms with Gasteiger partial charge in [0.2, 0.25) is 5.89 Å². The minimum absolute atomic E-state index is 0.0929. The molecule has 2 aromatic carbocycles. The van der Waals surface area contributed by atoms with Crippen molar-refractivity contribution >= 4 is 11.6 Å². The molecule has 1 aliphatic heterocycles. The van der Waals surface area contributed by atoms with Crippen LogP contribution in [0.15, 0.2) is 53.1 Å². The molecule has 3 aromatic rings. The maximum Gasteiger partial charge on any atom is 0.416 e. The van der Waals surface area contributed by atoms with E-state index in [0.717, 1.165) is 38.1 Å². The lowest BCUT2D eigenvalue weighted by molar-refractivity contribution is -0.137. The smallest absolute Gasteiger partial charge is 0.416 e. The van der Waals surface area contributed by atoms with Crippen LogP contribution in [-0.4, -0.2) is 34.2 Å². The standard InChI is InChI=1S/C22H21ClF3N3O2/c23-18-6-1-2-7-19(18)30-17-8-10-29(11-9-17)14-21-27-20(28-31-21)13-15-4-3-5-16(12-15)22(24,25)26/h1-7,12,17H,8-11,13-14H2. The molecule has 9 heteroatoms. The van der Waals surface area contributed by atoms with Crippen molar-refractivity contribution in [3.05, 3.63) is 76.4 Å². The molecule has 0 bridgehead atoms. The number of hydrogen-bond donors (Lipinski definition) is 0. The van der Waals surface area contributed by atoms with Crippen LogP contribution in [0.25, 0.3) is 0 Å². The Hall–Kier alpha value is -2.58. The number of rotatable bonds is 6. The second-order valence-electron chi connectivity index (χ2n) is 7.50. The second-order valence-corrected chi connectivity index (χ2v) is 7.91. The van der Waals surface area contributed by atoms with Gasteiger partial charge in [-0.15, -0.1) is 0 Å². The molecule has 0 atom stereocenters. The van der Waals surface area contributed by atoms with Crippen molar-refractivity contribution in [2.75, 3.05) is 13.1 Å². The highest BCUT2D eigenvalue weighted by Crippen LogP contribution is 2.30. The number of nitrogens with zero attached hydrogens (tertiary/aromatic N) is 3. The summed E-state index contributed by atoms with van der Waals surface area (Å²) < 4.78 is 49.9. The first-order valence-electron chi connectivity index (χ1n) is 9.98. The van der Waals surface area contributed by atoms with E-state index in [1.54, 1.807) is 12.1 Å². The van der Waals surface area contributed by atoms with Crippen LogP contribution in [0.1, 0.15) is 35.7 Å². The highest BCUT2D eigenvalue weighted by atomic mass is 35.5. The van der Waals surface area contributed by atoms with Gasteiger partial charge in [0.1, 0.15) is 11.9 Å². The van der Waals surface area contributed by atoms with Crippen molar-refractivity contribution in [1.82, 2.24) is 15.0 Å². The normalized spacial score (nSPS) is 15.9. The second kappa shape index (κ2) is 9.28. The predicted octanol–water partition coefficient (Wildman–Crippen LogP) is 5.38. The van der Waals surface area contributed by atoms with E-state index in [1.165, 1.54) is 6.07 Å². The Labute approximate surface area is 182 Å². The molecule has 2 heterocycles. The van der Waals surface area contributed by atoms with Gasteiger partial charge in [-0.1, -0.05) is 47.1 Å². The van der Waals surface area contributed by atoms with E-state index < -0.39 is 11.7 Å². The van der Waals surface area contributed by atoms with E-state index in [4.69, 9.17) is 20.9 Å². The van der Waals surface area contributed by atoms with Gasteiger partial charge in [0.05, 0.1) is 17.1 Å². The Bertz CT molecular complexity index is 1020. The average molecular weight is 452 g/mol. The minimum atomic E-state index is -4.37. The Morgan fingerprint density at radius 3 is 2.61 bits per heavy atom. The fraction of sp³-hybridized carbons (Fsp3) is 0.364. The molecule has 0 amide bonds. The van der Waals surface area contributed by atoms with Crippen LogP contribution in [0, 0.1) is 0 Å².